The number of hydrogen-bond donors (Lipinski definition) is 1. The first kappa shape index (κ1) is 12.5. The quantitative estimate of drug-likeness (QED) is 0.842. The Labute approximate surface area is 104 Å². The maximum atomic E-state index is 13.5. The Hall–Kier alpha value is -0.970. The summed E-state index contributed by atoms with van der Waals surface area (Å²) in [6.07, 6.45) is 0. The van der Waals surface area contributed by atoms with Gasteiger partial charge in [0.15, 0.2) is 5.78 Å². The molecule has 2 rings (SSSR count). The number of ketones is 1. The van der Waals surface area contributed by atoms with Gasteiger partial charge in [-0.15, -0.1) is 0 Å². The first-order valence-corrected chi connectivity index (χ1v) is 5.66. The van der Waals surface area contributed by atoms with Crippen molar-refractivity contribution in [3.63, 3.8) is 0 Å². The Balaban J connectivity index is 2.40. The molecule has 0 saturated carbocycles. The summed E-state index contributed by atoms with van der Waals surface area (Å²) >= 11 is 5.97. The molecule has 0 bridgehead atoms. The fraction of sp³-hybridized carbons (Fsp3) is 0.417. The van der Waals surface area contributed by atoms with Crippen molar-refractivity contribution >= 4 is 17.4 Å². The van der Waals surface area contributed by atoms with Gasteiger partial charge >= 0.3 is 0 Å². The highest BCUT2D eigenvalue weighted by atomic mass is 35.5. The molecule has 2 N–H and O–H groups in total. The Kier molecular flexibility index (Phi) is 3.21. The van der Waals surface area contributed by atoms with Crippen LogP contribution in [0.1, 0.15) is 15.9 Å². The van der Waals surface area contributed by atoms with Gasteiger partial charge in [-0.1, -0.05) is 11.6 Å². The van der Waals surface area contributed by atoms with Crippen LogP contribution in [-0.2, 0) is 4.74 Å². The number of nitrogens with two attached hydrogens (primary N) is 1. The molecule has 5 heteroatoms. The van der Waals surface area contributed by atoms with E-state index < -0.39 is 11.2 Å². The molecule has 1 aromatic rings. The van der Waals surface area contributed by atoms with E-state index in [9.17, 15) is 9.18 Å². The second-order valence-electron chi connectivity index (χ2n) is 4.39. The van der Waals surface area contributed by atoms with Gasteiger partial charge in [-0.25, -0.2) is 4.39 Å². The van der Waals surface area contributed by atoms with Gasteiger partial charge in [-0.3, -0.25) is 4.79 Å². The number of ether oxygens (including phenoxy) is 1. The van der Waals surface area contributed by atoms with Crippen molar-refractivity contribution in [1.82, 2.24) is 0 Å². The molecule has 1 saturated heterocycles. The van der Waals surface area contributed by atoms with Gasteiger partial charge in [0, 0.05) is 12.1 Å². The molecule has 0 aromatic heterocycles. The lowest BCUT2D eigenvalue weighted by Crippen LogP contribution is -2.54. The standard InChI is InChI=1S/C12H13ClFNO2/c1-7-2-9(13)8(3-10(7)14)11(16)12(4-15)5-17-6-12/h2-3H,4-6,15H2,1H3. The summed E-state index contributed by atoms with van der Waals surface area (Å²) in [5.41, 5.74) is 5.46. The number of carbonyl (C=O) groups is 1. The number of Topliss-reactive ketones (excluding diaryl/α,β-unsaturated/α-hetero) is 1. The van der Waals surface area contributed by atoms with E-state index in [2.05, 4.69) is 0 Å². The molecule has 3 nitrogen and oxygen atoms in total. The molecular formula is C12H13ClFNO2. The normalized spacial score (nSPS) is 17.6. The lowest BCUT2D eigenvalue weighted by molar-refractivity contribution is -0.0816. The Bertz CT molecular complexity index is 466. The van der Waals surface area contributed by atoms with Crippen molar-refractivity contribution in [2.75, 3.05) is 19.8 Å². The first-order chi connectivity index (χ1) is 8.00. The third kappa shape index (κ3) is 1.97. The van der Waals surface area contributed by atoms with Gasteiger partial charge in [0.2, 0.25) is 0 Å². The molecule has 1 fully saturated rings. The summed E-state index contributed by atoms with van der Waals surface area (Å²) in [5.74, 6) is -0.680. The molecule has 1 heterocycles. The third-order valence-electron chi connectivity index (χ3n) is 3.12. The number of aryl methyl sites for hydroxylation is 1. The molecule has 17 heavy (non-hydrogen) atoms. The van der Waals surface area contributed by atoms with Crippen molar-refractivity contribution in [1.29, 1.82) is 0 Å². The molecule has 0 spiro atoms. The molecule has 0 unspecified atom stereocenters. The van der Waals surface area contributed by atoms with Crippen molar-refractivity contribution in [3.05, 3.63) is 34.1 Å². The van der Waals surface area contributed by atoms with E-state index >= 15 is 0 Å². The Morgan fingerprint density at radius 3 is 2.71 bits per heavy atom. The van der Waals surface area contributed by atoms with Crippen LogP contribution in [0.5, 0.6) is 0 Å². The minimum atomic E-state index is -0.731. The average molecular weight is 258 g/mol. The Morgan fingerprint density at radius 1 is 1.59 bits per heavy atom. The van der Waals surface area contributed by atoms with Gasteiger partial charge in [-0.05, 0) is 24.6 Å². The lowest BCUT2D eigenvalue weighted by Gasteiger charge is -2.39. The highest BCUT2D eigenvalue weighted by molar-refractivity contribution is 6.34. The largest absolute Gasteiger partial charge is 0.379 e. The summed E-state index contributed by atoms with van der Waals surface area (Å²) < 4.78 is 18.5. The fourth-order valence-electron chi connectivity index (χ4n) is 1.80. The van der Waals surface area contributed by atoms with Crippen LogP contribution in [0.15, 0.2) is 12.1 Å². The average Bonchev–Trinajstić information content (AvgIpc) is 2.22. The van der Waals surface area contributed by atoms with Gasteiger partial charge in [0.1, 0.15) is 5.82 Å². The zero-order valence-electron chi connectivity index (χ0n) is 9.43. The second kappa shape index (κ2) is 4.37. The van der Waals surface area contributed by atoms with Gasteiger partial charge < -0.3 is 10.5 Å². The number of hydrogen-bond acceptors (Lipinski definition) is 3. The van der Waals surface area contributed by atoms with Crippen LogP contribution < -0.4 is 5.73 Å². The van der Waals surface area contributed by atoms with Crippen LogP contribution in [0.3, 0.4) is 0 Å². The van der Waals surface area contributed by atoms with Gasteiger partial charge in [0.25, 0.3) is 0 Å². The summed E-state index contributed by atoms with van der Waals surface area (Å²) in [7, 11) is 0. The zero-order chi connectivity index (χ0) is 12.6. The minimum Gasteiger partial charge on any atom is -0.379 e. The van der Waals surface area contributed by atoms with Crippen LogP contribution in [0.2, 0.25) is 5.02 Å². The van der Waals surface area contributed by atoms with E-state index in [1.165, 1.54) is 12.1 Å². The van der Waals surface area contributed by atoms with E-state index in [1.807, 2.05) is 0 Å². The van der Waals surface area contributed by atoms with E-state index in [1.54, 1.807) is 6.92 Å². The molecule has 1 aliphatic rings. The topological polar surface area (TPSA) is 52.3 Å². The highest BCUT2D eigenvalue weighted by Crippen LogP contribution is 2.33. The minimum absolute atomic E-state index is 0.178. The van der Waals surface area contributed by atoms with Gasteiger partial charge in [0.05, 0.1) is 23.7 Å². The lowest BCUT2D eigenvalue weighted by atomic mass is 9.78. The zero-order valence-corrected chi connectivity index (χ0v) is 10.2. The van der Waals surface area contributed by atoms with Crippen LogP contribution in [0, 0.1) is 18.2 Å². The van der Waals surface area contributed by atoms with E-state index in [-0.39, 0.29) is 36.1 Å². The van der Waals surface area contributed by atoms with Crippen LogP contribution in [0.4, 0.5) is 4.39 Å². The molecule has 0 aliphatic carbocycles. The number of carbonyl (C=O) groups excluding carboxylic acids is 1. The fourth-order valence-corrected chi connectivity index (χ4v) is 2.10. The van der Waals surface area contributed by atoms with Crippen LogP contribution >= 0.6 is 11.6 Å². The summed E-state index contributed by atoms with van der Waals surface area (Å²) in [6.45, 7) is 2.32. The van der Waals surface area contributed by atoms with Gasteiger partial charge in [-0.2, -0.15) is 0 Å². The summed E-state index contributed by atoms with van der Waals surface area (Å²) in [4.78, 5) is 12.3. The SMILES string of the molecule is Cc1cc(Cl)c(C(=O)C2(CN)COC2)cc1F. The predicted molar refractivity (Wildman–Crippen MR) is 62.8 cm³/mol. The molecule has 92 valence electrons. The maximum absolute atomic E-state index is 13.5. The van der Waals surface area contributed by atoms with E-state index in [0.717, 1.165) is 0 Å². The number of halogens is 2. The van der Waals surface area contributed by atoms with Crippen molar-refractivity contribution in [2.24, 2.45) is 11.1 Å². The Morgan fingerprint density at radius 2 is 2.24 bits per heavy atom. The van der Waals surface area contributed by atoms with Crippen molar-refractivity contribution < 1.29 is 13.9 Å². The first-order valence-electron chi connectivity index (χ1n) is 5.28. The van der Waals surface area contributed by atoms with Crippen molar-refractivity contribution in [2.45, 2.75) is 6.92 Å². The molecule has 1 aromatic carbocycles. The van der Waals surface area contributed by atoms with E-state index in [0.29, 0.717) is 5.56 Å². The maximum Gasteiger partial charge on any atom is 0.176 e. The highest BCUT2D eigenvalue weighted by Gasteiger charge is 2.45. The smallest absolute Gasteiger partial charge is 0.176 e. The number of rotatable bonds is 3. The molecular weight excluding hydrogens is 245 g/mol. The summed E-state index contributed by atoms with van der Waals surface area (Å²) in [6, 6.07) is 2.63. The third-order valence-corrected chi connectivity index (χ3v) is 3.43. The molecule has 0 atom stereocenters. The van der Waals surface area contributed by atoms with Crippen LogP contribution in [0.25, 0.3) is 0 Å². The number of benzene rings is 1. The molecule has 0 radical (unpaired) electrons. The van der Waals surface area contributed by atoms with Crippen molar-refractivity contribution in [3.8, 4) is 0 Å². The van der Waals surface area contributed by atoms with E-state index in [4.69, 9.17) is 22.1 Å². The molecule has 0 amide bonds. The predicted octanol–water partition coefficient (Wildman–Crippen LogP) is 1.95. The second-order valence-corrected chi connectivity index (χ2v) is 4.79. The monoisotopic (exact) mass is 257 g/mol. The van der Waals surface area contributed by atoms with Crippen LogP contribution in [-0.4, -0.2) is 25.5 Å². The molecule has 1 aliphatic heterocycles. The summed E-state index contributed by atoms with van der Waals surface area (Å²) in [5, 5.41) is 0.258.